The van der Waals surface area contributed by atoms with Crippen molar-refractivity contribution in [3.05, 3.63) is 51.9 Å². The zero-order valence-electron chi connectivity index (χ0n) is 17.9. The average Bonchev–Trinajstić information content (AvgIpc) is 3.13. The molecular weight excluding hydrogens is 416 g/mol. The van der Waals surface area contributed by atoms with Crippen LogP contribution in [0.5, 0.6) is 0 Å². The van der Waals surface area contributed by atoms with Gasteiger partial charge in [-0.1, -0.05) is 37.2 Å². The van der Waals surface area contributed by atoms with E-state index in [4.69, 9.17) is 4.74 Å². The number of hydrogen-bond donors (Lipinski definition) is 2. The Morgan fingerprint density at radius 3 is 2.77 bits per heavy atom. The maximum atomic E-state index is 12.9. The Morgan fingerprint density at radius 1 is 1.26 bits per heavy atom. The predicted molar refractivity (Wildman–Crippen MR) is 122 cm³/mol. The van der Waals surface area contributed by atoms with Crippen LogP contribution in [0.3, 0.4) is 0 Å². The van der Waals surface area contributed by atoms with Gasteiger partial charge >= 0.3 is 5.97 Å². The molecule has 1 amide bonds. The number of nitrogens with one attached hydrogen (secondary N) is 2. The number of H-pyrrole nitrogens is 1. The van der Waals surface area contributed by atoms with Gasteiger partial charge in [0.05, 0.1) is 29.1 Å². The van der Waals surface area contributed by atoms with Gasteiger partial charge in [-0.25, -0.2) is 9.78 Å². The van der Waals surface area contributed by atoms with E-state index in [-0.39, 0.29) is 23.8 Å². The molecule has 2 heterocycles. The Morgan fingerprint density at radius 2 is 2.03 bits per heavy atom. The van der Waals surface area contributed by atoms with Gasteiger partial charge in [-0.2, -0.15) is 0 Å². The number of benzene rings is 1. The summed E-state index contributed by atoms with van der Waals surface area (Å²) >= 11 is 1.20. The number of nitrogens with zero attached hydrogens (tertiary/aromatic N) is 2. The molecule has 9 heteroatoms. The number of fused-ring (bicyclic) bond motifs is 1. The van der Waals surface area contributed by atoms with Crippen molar-refractivity contribution in [1.82, 2.24) is 14.5 Å². The third-order valence-electron chi connectivity index (χ3n) is 4.60. The number of aromatic nitrogens is 3. The molecule has 8 nitrogen and oxygen atoms in total. The van der Waals surface area contributed by atoms with Crippen molar-refractivity contribution >= 4 is 40.4 Å². The van der Waals surface area contributed by atoms with Gasteiger partial charge < -0.3 is 15.0 Å². The Balaban J connectivity index is 1.79. The maximum absolute atomic E-state index is 12.9. The molecule has 164 valence electrons. The smallest absolute Gasteiger partial charge is 0.340 e. The van der Waals surface area contributed by atoms with Crippen molar-refractivity contribution in [2.24, 2.45) is 0 Å². The molecule has 1 aromatic carbocycles. The Bertz CT molecular complexity index is 1150. The van der Waals surface area contributed by atoms with Crippen molar-refractivity contribution in [3.63, 3.8) is 0 Å². The van der Waals surface area contributed by atoms with Crippen LogP contribution in [0.25, 0.3) is 11.0 Å². The fraction of sp³-hybridized carbons (Fsp3) is 0.364. The molecule has 0 aliphatic rings. The van der Waals surface area contributed by atoms with E-state index in [0.717, 1.165) is 18.5 Å². The molecule has 0 spiro atoms. The summed E-state index contributed by atoms with van der Waals surface area (Å²) in [6.07, 6.45) is 1.77. The number of aryl methyl sites for hydroxylation is 1. The van der Waals surface area contributed by atoms with Gasteiger partial charge in [0, 0.05) is 12.2 Å². The van der Waals surface area contributed by atoms with Gasteiger partial charge in [0.2, 0.25) is 5.91 Å². The first-order valence-corrected chi connectivity index (χ1v) is 11.2. The second kappa shape index (κ2) is 10.3. The maximum Gasteiger partial charge on any atom is 0.340 e. The first kappa shape index (κ1) is 22.6. The van der Waals surface area contributed by atoms with E-state index in [2.05, 4.69) is 22.2 Å². The highest BCUT2D eigenvalue weighted by atomic mass is 32.2. The summed E-state index contributed by atoms with van der Waals surface area (Å²) < 4.78 is 6.66. The molecule has 0 fully saturated rings. The van der Waals surface area contributed by atoms with Crippen molar-refractivity contribution in [1.29, 1.82) is 0 Å². The van der Waals surface area contributed by atoms with E-state index in [1.54, 1.807) is 35.8 Å². The molecule has 0 saturated heterocycles. The van der Waals surface area contributed by atoms with E-state index in [9.17, 15) is 14.4 Å². The minimum atomic E-state index is -0.491. The fourth-order valence-corrected chi connectivity index (χ4v) is 3.96. The lowest BCUT2D eigenvalue weighted by Crippen LogP contribution is -2.24. The Kier molecular flexibility index (Phi) is 7.51. The summed E-state index contributed by atoms with van der Waals surface area (Å²) in [5.74, 6) is -0.747. The number of rotatable bonds is 9. The fourth-order valence-electron chi connectivity index (χ4n) is 3.13. The van der Waals surface area contributed by atoms with Gasteiger partial charge in [0.25, 0.3) is 5.56 Å². The molecule has 0 radical (unpaired) electrons. The first-order chi connectivity index (χ1) is 14.9. The number of ether oxygens (including phenoxy) is 1. The summed E-state index contributed by atoms with van der Waals surface area (Å²) in [5, 5.41) is 3.26. The van der Waals surface area contributed by atoms with Crippen LogP contribution in [0.15, 0.2) is 40.3 Å². The SMILES string of the molecule is CCCCn1c(SCC(=O)Nc2ccccc2C(=O)OCC)nc2cc(C)[nH]c2c1=O. The lowest BCUT2D eigenvalue weighted by Gasteiger charge is -2.12. The van der Waals surface area contributed by atoms with Crippen LogP contribution in [-0.2, 0) is 16.1 Å². The summed E-state index contributed by atoms with van der Waals surface area (Å²) in [7, 11) is 0. The lowest BCUT2D eigenvalue weighted by atomic mass is 10.2. The highest BCUT2D eigenvalue weighted by molar-refractivity contribution is 7.99. The van der Waals surface area contributed by atoms with Crippen molar-refractivity contribution in [2.45, 2.75) is 45.3 Å². The molecule has 31 heavy (non-hydrogen) atoms. The molecule has 0 bridgehead atoms. The van der Waals surface area contributed by atoms with Crippen LogP contribution in [0, 0.1) is 6.92 Å². The summed E-state index contributed by atoms with van der Waals surface area (Å²) in [6.45, 7) is 6.43. The summed E-state index contributed by atoms with van der Waals surface area (Å²) in [4.78, 5) is 45.3. The molecule has 0 aliphatic heterocycles. The van der Waals surface area contributed by atoms with Crippen LogP contribution in [0.2, 0.25) is 0 Å². The van der Waals surface area contributed by atoms with Gasteiger partial charge in [0.15, 0.2) is 5.16 Å². The van der Waals surface area contributed by atoms with Gasteiger partial charge in [-0.15, -0.1) is 0 Å². The molecule has 3 rings (SSSR count). The topological polar surface area (TPSA) is 106 Å². The first-order valence-electron chi connectivity index (χ1n) is 10.2. The second-order valence-corrected chi connectivity index (χ2v) is 7.96. The van der Waals surface area contributed by atoms with Gasteiger partial charge in [-0.05, 0) is 38.5 Å². The second-order valence-electron chi connectivity index (χ2n) is 7.02. The van der Waals surface area contributed by atoms with Crippen molar-refractivity contribution < 1.29 is 14.3 Å². The zero-order chi connectivity index (χ0) is 22.4. The van der Waals surface area contributed by atoms with Crippen molar-refractivity contribution in [2.75, 3.05) is 17.7 Å². The Hall–Kier alpha value is -3.07. The van der Waals surface area contributed by atoms with E-state index < -0.39 is 5.97 Å². The quantitative estimate of drug-likeness (QED) is 0.297. The predicted octanol–water partition coefficient (Wildman–Crippen LogP) is 3.74. The van der Waals surface area contributed by atoms with E-state index >= 15 is 0 Å². The number of amides is 1. The molecule has 0 atom stereocenters. The normalized spacial score (nSPS) is 10.9. The van der Waals surface area contributed by atoms with E-state index in [0.29, 0.717) is 34.0 Å². The Labute approximate surface area is 184 Å². The number of unbranched alkanes of at least 4 members (excludes halogenated alkanes) is 1. The largest absolute Gasteiger partial charge is 0.462 e. The molecule has 2 aromatic heterocycles. The number of anilines is 1. The minimum absolute atomic E-state index is 0.0463. The number of carbonyl (C=O) groups is 2. The number of para-hydroxylation sites is 1. The van der Waals surface area contributed by atoms with Crippen LogP contribution in [0.4, 0.5) is 5.69 Å². The molecule has 0 aliphatic carbocycles. The van der Waals surface area contributed by atoms with Crippen LogP contribution in [-0.4, -0.2) is 38.8 Å². The van der Waals surface area contributed by atoms with E-state index in [1.165, 1.54) is 11.8 Å². The molecule has 2 N–H and O–H groups in total. The number of thioether (sulfide) groups is 1. The van der Waals surface area contributed by atoms with Gasteiger partial charge in [-0.3, -0.25) is 14.2 Å². The van der Waals surface area contributed by atoms with Crippen LogP contribution in [0.1, 0.15) is 42.7 Å². The standard InChI is InChI=1S/C22H26N4O4S/c1-4-6-11-26-20(28)19-17(12-14(3)23-19)25-22(26)31-13-18(27)24-16-10-8-7-9-15(16)21(29)30-5-2/h7-10,12,23H,4-6,11,13H2,1-3H3,(H,24,27). The third-order valence-corrected chi connectivity index (χ3v) is 5.58. The third kappa shape index (κ3) is 5.35. The molecule has 0 unspecified atom stereocenters. The van der Waals surface area contributed by atoms with Crippen LogP contribution >= 0.6 is 11.8 Å². The number of esters is 1. The monoisotopic (exact) mass is 442 g/mol. The van der Waals surface area contributed by atoms with E-state index in [1.807, 2.05) is 13.0 Å². The average molecular weight is 443 g/mol. The summed E-state index contributed by atoms with van der Waals surface area (Å²) in [6, 6.07) is 8.52. The molecular formula is C22H26N4O4S. The number of hydrogen-bond acceptors (Lipinski definition) is 6. The van der Waals surface area contributed by atoms with Crippen molar-refractivity contribution in [3.8, 4) is 0 Å². The summed E-state index contributed by atoms with van der Waals surface area (Å²) in [5.41, 5.74) is 2.47. The highest BCUT2D eigenvalue weighted by Gasteiger charge is 2.17. The van der Waals surface area contributed by atoms with Crippen LogP contribution < -0.4 is 10.9 Å². The molecule has 0 saturated carbocycles. The van der Waals surface area contributed by atoms with Gasteiger partial charge in [0.1, 0.15) is 5.52 Å². The number of aromatic amines is 1. The lowest BCUT2D eigenvalue weighted by molar-refractivity contribution is -0.113. The minimum Gasteiger partial charge on any atom is -0.462 e. The zero-order valence-corrected chi connectivity index (χ0v) is 18.7. The highest BCUT2D eigenvalue weighted by Crippen LogP contribution is 2.21. The molecule has 3 aromatic rings. The number of carbonyl (C=O) groups excluding carboxylic acids is 2.